The highest BCUT2D eigenvalue weighted by molar-refractivity contribution is 5.70. The molecule has 0 radical (unpaired) electrons. The summed E-state index contributed by atoms with van der Waals surface area (Å²) in [6.07, 6.45) is 0.408. The molecule has 1 fully saturated rings. The van der Waals surface area contributed by atoms with Gasteiger partial charge in [0.25, 0.3) is 0 Å². The van der Waals surface area contributed by atoms with Gasteiger partial charge in [-0.25, -0.2) is 4.79 Å². The van der Waals surface area contributed by atoms with Gasteiger partial charge in [-0.05, 0) is 55.7 Å². The van der Waals surface area contributed by atoms with Gasteiger partial charge in [-0.2, -0.15) is 0 Å². The number of ether oxygens (including phenoxy) is 2. The van der Waals surface area contributed by atoms with E-state index >= 15 is 0 Å². The first-order valence-corrected chi connectivity index (χ1v) is 9.11. The number of hydrogen-bond donors (Lipinski definition) is 2. The van der Waals surface area contributed by atoms with Gasteiger partial charge in [-0.15, -0.1) is 0 Å². The lowest BCUT2D eigenvalue weighted by atomic mass is 10.0. The van der Waals surface area contributed by atoms with Gasteiger partial charge in [0.15, 0.2) is 0 Å². The van der Waals surface area contributed by atoms with Crippen molar-refractivity contribution in [2.24, 2.45) is 0 Å². The molecule has 6 heteroatoms. The van der Waals surface area contributed by atoms with E-state index in [0.29, 0.717) is 25.3 Å². The fraction of sp³-hybridized carbons (Fsp3) is 0.381. The second-order valence-electron chi connectivity index (χ2n) is 7.06. The van der Waals surface area contributed by atoms with E-state index < -0.39 is 0 Å². The molecule has 2 N–H and O–H groups in total. The van der Waals surface area contributed by atoms with Crippen LogP contribution in [0.1, 0.15) is 25.0 Å². The fourth-order valence-electron chi connectivity index (χ4n) is 3.19. The molecule has 2 aromatic carbocycles. The van der Waals surface area contributed by atoms with E-state index in [2.05, 4.69) is 5.32 Å². The largest absolute Gasteiger partial charge is 0.506 e. The zero-order valence-corrected chi connectivity index (χ0v) is 15.9. The Labute approximate surface area is 159 Å². The van der Waals surface area contributed by atoms with Crippen LogP contribution < -0.4 is 10.1 Å². The highest BCUT2D eigenvalue weighted by atomic mass is 16.6. The van der Waals surface area contributed by atoms with Gasteiger partial charge in [0.05, 0.1) is 18.8 Å². The van der Waals surface area contributed by atoms with E-state index in [1.165, 1.54) is 0 Å². The molecular weight excluding hydrogens is 344 g/mol. The number of hydrogen-bond acceptors (Lipinski definition) is 5. The number of nitrogens with one attached hydrogen (secondary N) is 1. The number of rotatable bonds is 7. The minimum Gasteiger partial charge on any atom is -0.506 e. The van der Waals surface area contributed by atoms with E-state index in [1.54, 1.807) is 18.1 Å². The Kier molecular flexibility index (Phi) is 5.74. The first-order chi connectivity index (χ1) is 13.0. The fourth-order valence-corrected chi connectivity index (χ4v) is 3.19. The number of amides is 1. The third kappa shape index (κ3) is 4.64. The Hall–Kier alpha value is -2.89. The van der Waals surface area contributed by atoms with Crippen LogP contribution in [0.25, 0.3) is 0 Å². The van der Waals surface area contributed by atoms with Crippen LogP contribution >= 0.6 is 0 Å². The molecule has 1 aliphatic heterocycles. The van der Waals surface area contributed by atoms with Crippen molar-refractivity contribution in [3.8, 4) is 11.5 Å². The van der Waals surface area contributed by atoms with Crippen LogP contribution in [0.5, 0.6) is 11.5 Å². The molecule has 1 saturated heterocycles. The van der Waals surface area contributed by atoms with Crippen LogP contribution in [0.15, 0.2) is 42.5 Å². The summed E-state index contributed by atoms with van der Waals surface area (Å²) in [7, 11) is 1.64. The first kappa shape index (κ1) is 18.9. The molecule has 1 amide bonds. The van der Waals surface area contributed by atoms with Crippen molar-refractivity contribution in [1.82, 2.24) is 4.90 Å². The number of phenols is 1. The summed E-state index contributed by atoms with van der Waals surface area (Å²) in [5.74, 6) is 1.01. The number of cyclic esters (lactones) is 1. The molecule has 0 bridgehead atoms. The van der Waals surface area contributed by atoms with E-state index in [-0.39, 0.29) is 23.9 Å². The Balaban J connectivity index is 1.72. The smallest absolute Gasteiger partial charge is 0.410 e. The van der Waals surface area contributed by atoms with Gasteiger partial charge >= 0.3 is 6.09 Å². The monoisotopic (exact) mass is 370 g/mol. The Bertz CT molecular complexity index is 789. The molecule has 144 valence electrons. The number of anilines is 1. The minimum atomic E-state index is -0.306. The molecule has 0 spiro atoms. The molecule has 27 heavy (non-hydrogen) atoms. The normalized spacial score (nSPS) is 16.5. The molecule has 6 nitrogen and oxygen atoms in total. The SMILES string of the molecule is COc1ccc(CC2COC(=O)N2Cc2ccc(O)c(NC(C)C)c2)cc1. The number of carbonyl (C=O) groups excluding carboxylic acids is 1. The summed E-state index contributed by atoms with van der Waals surface area (Å²) < 4.78 is 10.5. The highest BCUT2D eigenvalue weighted by Gasteiger charge is 2.33. The van der Waals surface area contributed by atoms with Gasteiger partial charge in [0.1, 0.15) is 18.1 Å². The van der Waals surface area contributed by atoms with Crippen LogP contribution in [-0.2, 0) is 17.7 Å². The summed E-state index contributed by atoms with van der Waals surface area (Å²) in [4.78, 5) is 14.0. The number of benzene rings is 2. The first-order valence-electron chi connectivity index (χ1n) is 9.11. The second-order valence-corrected chi connectivity index (χ2v) is 7.06. The van der Waals surface area contributed by atoms with Crippen LogP contribution in [0.3, 0.4) is 0 Å². The summed E-state index contributed by atoms with van der Waals surface area (Å²) in [6, 6.07) is 13.4. The highest BCUT2D eigenvalue weighted by Crippen LogP contribution is 2.27. The van der Waals surface area contributed by atoms with Crippen molar-refractivity contribution in [3.63, 3.8) is 0 Å². The van der Waals surface area contributed by atoms with Gasteiger partial charge < -0.3 is 19.9 Å². The average molecular weight is 370 g/mol. The summed E-state index contributed by atoms with van der Waals surface area (Å²) >= 11 is 0. The lowest BCUT2D eigenvalue weighted by Crippen LogP contribution is -2.34. The van der Waals surface area contributed by atoms with Gasteiger partial charge in [-0.3, -0.25) is 4.90 Å². The molecule has 0 saturated carbocycles. The van der Waals surface area contributed by atoms with E-state index in [1.807, 2.05) is 50.2 Å². The molecule has 1 unspecified atom stereocenters. The topological polar surface area (TPSA) is 71.0 Å². The number of carbonyl (C=O) groups is 1. The molecule has 2 aromatic rings. The predicted octanol–water partition coefficient (Wildman–Crippen LogP) is 3.78. The molecule has 3 rings (SSSR count). The maximum atomic E-state index is 12.2. The van der Waals surface area contributed by atoms with Gasteiger partial charge in [-0.1, -0.05) is 18.2 Å². The zero-order chi connectivity index (χ0) is 19.4. The minimum absolute atomic E-state index is 0.0267. The summed E-state index contributed by atoms with van der Waals surface area (Å²) in [6.45, 7) is 4.83. The third-order valence-corrected chi connectivity index (χ3v) is 4.56. The lowest BCUT2D eigenvalue weighted by molar-refractivity contribution is 0.156. The second kappa shape index (κ2) is 8.20. The number of phenolic OH excluding ortho intramolecular Hbond substituents is 1. The maximum Gasteiger partial charge on any atom is 0.410 e. The summed E-state index contributed by atoms with van der Waals surface area (Å²) in [5.41, 5.74) is 2.73. The van der Waals surface area contributed by atoms with E-state index in [4.69, 9.17) is 9.47 Å². The Morgan fingerprint density at radius 2 is 1.93 bits per heavy atom. The standard InChI is InChI=1S/C21H26N2O4/c1-14(2)22-19-11-16(6-9-20(19)24)12-23-17(13-27-21(23)25)10-15-4-7-18(26-3)8-5-15/h4-9,11,14,17,22,24H,10,12-13H2,1-3H3. The zero-order valence-electron chi connectivity index (χ0n) is 15.9. The lowest BCUT2D eigenvalue weighted by Gasteiger charge is -2.22. The van der Waals surface area contributed by atoms with E-state index in [0.717, 1.165) is 16.9 Å². The number of nitrogens with zero attached hydrogens (tertiary/aromatic N) is 1. The van der Waals surface area contributed by atoms with Crippen molar-refractivity contribution in [3.05, 3.63) is 53.6 Å². The number of aromatic hydroxyl groups is 1. The quantitative estimate of drug-likeness (QED) is 0.726. The van der Waals surface area contributed by atoms with Crippen molar-refractivity contribution in [2.75, 3.05) is 19.0 Å². The summed E-state index contributed by atoms with van der Waals surface area (Å²) in [5, 5.41) is 13.2. The van der Waals surface area contributed by atoms with Crippen LogP contribution in [0.4, 0.5) is 10.5 Å². The molecule has 0 aliphatic carbocycles. The average Bonchev–Trinajstić information content (AvgIpc) is 2.98. The van der Waals surface area contributed by atoms with Crippen molar-refractivity contribution >= 4 is 11.8 Å². The molecule has 0 aromatic heterocycles. The Morgan fingerprint density at radius 3 is 2.59 bits per heavy atom. The van der Waals surface area contributed by atoms with Crippen LogP contribution in [-0.4, -0.2) is 41.9 Å². The maximum absolute atomic E-state index is 12.2. The van der Waals surface area contributed by atoms with Crippen molar-refractivity contribution in [1.29, 1.82) is 0 Å². The van der Waals surface area contributed by atoms with Crippen molar-refractivity contribution < 1.29 is 19.4 Å². The molecule has 1 heterocycles. The van der Waals surface area contributed by atoms with Gasteiger partial charge in [0.2, 0.25) is 0 Å². The predicted molar refractivity (Wildman–Crippen MR) is 104 cm³/mol. The van der Waals surface area contributed by atoms with Gasteiger partial charge in [0, 0.05) is 12.6 Å². The third-order valence-electron chi connectivity index (χ3n) is 4.56. The molecular formula is C21H26N2O4. The molecule has 1 atom stereocenters. The molecule has 1 aliphatic rings. The Morgan fingerprint density at radius 1 is 1.22 bits per heavy atom. The van der Waals surface area contributed by atoms with Crippen LogP contribution in [0, 0.1) is 0 Å². The number of methoxy groups -OCH3 is 1. The van der Waals surface area contributed by atoms with Crippen molar-refractivity contribution in [2.45, 2.75) is 38.9 Å². The van der Waals surface area contributed by atoms with E-state index in [9.17, 15) is 9.90 Å². The van der Waals surface area contributed by atoms with Crippen LogP contribution in [0.2, 0.25) is 0 Å².